The molecule has 0 bridgehead atoms. The molecule has 184 valence electrons. The molecule has 0 heterocycles. The molecule has 34 heavy (non-hydrogen) atoms. The van der Waals surface area contributed by atoms with E-state index >= 15 is 0 Å². The Morgan fingerprint density at radius 3 is 2.15 bits per heavy atom. The van der Waals surface area contributed by atoms with Crippen molar-refractivity contribution in [3.8, 4) is 23.0 Å². The Kier molecular flexibility index (Phi) is 11.1. The highest BCUT2D eigenvalue weighted by molar-refractivity contribution is 6.11. The first-order valence-corrected chi connectivity index (χ1v) is 10.6. The summed E-state index contributed by atoms with van der Waals surface area (Å²) in [5.41, 5.74) is 2.48. The first-order chi connectivity index (χ1) is 16.4. The Bertz CT molecular complexity index is 989. The third kappa shape index (κ3) is 7.91. The van der Waals surface area contributed by atoms with Crippen molar-refractivity contribution in [2.24, 2.45) is 0 Å². The molecule has 8 nitrogen and oxygen atoms in total. The van der Waals surface area contributed by atoms with Gasteiger partial charge >= 0.3 is 0 Å². The summed E-state index contributed by atoms with van der Waals surface area (Å²) in [6.45, 7) is 3.94. The minimum atomic E-state index is -0.431. The van der Waals surface area contributed by atoms with Crippen molar-refractivity contribution < 1.29 is 38.3 Å². The van der Waals surface area contributed by atoms with Gasteiger partial charge in [-0.3, -0.25) is 4.79 Å². The average Bonchev–Trinajstić information content (AvgIpc) is 2.83. The van der Waals surface area contributed by atoms with Gasteiger partial charge in [0.25, 0.3) is 0 Å². The third-order valence-corrected chi connectivity index (χ3v) is 4.59. The maximum absolute atomic E-state index is 13.2. The molecular weight excluding hydrogens is 440 g/mol. The van der Waals surface area contributed by atoms with Crippen LogP contribution in [0.1, 0.15) is 35.3 Å². The molecule has 0 aliphatic heterocycles. The fourth-order valence-electron chi connectivity index (χ4n) is 2.99. The normalized spacial score (nSPS) is 10.9. The summed E-state index contributed by atoms with van der Waals surface area (Å²) in [6.07, 6.45) is 5.42. The Morgan fingerprint density at radius 2 is 1.53 bits per heavy atom. The lowest BCUT2D eigenvalue weighted by Crippen LogP contribution is -2.10. The number of aromatic hydroxyl groups is 1. The molecule has 2 aromatic carbocycles. The van der Waals surface area contributed by atoms with Gasteiger partial charge in [-0.1, -0.05) is 29.9 Å². The van der Waals surface area contributed by atoms with E-state index in [9.17, 15) is 9.90 Å². The van der Waals surface area contributed by atoms with E-state index in [1.807, 2.05) is 19.9 Å². The highest BCUT2D eigenvalue weighted by Crippen LogP contribution is 2.40. The van der Waals surface area contributed by atoms with E-state index in [1.165, 1.54) is 26.4 Å². The summed E-state index contributed by atoms with van der Waals surface area (Å²) in [5, 5.41) is 10.7. The molecule has 0 amide bonds. The standard InChI is InChI=1S/C26H32O8/c1-18(2)6-12-21-24(33-16-30-4)14-23(28)25(26(21)34-17-31-5)22(27)13-9-19-7-10-20(11-8-19)32-15-29-3/h6-11,13-14,28H,12,15-17H2,1-5H3. The molecule has 8 heteroatoms. The molecule has 0 aliphatic rings. The summed E-state index contributed by atoms with van der Waals surface area (Å²) in [6, 6.07) is 8.55. The third-order valence-electron chi connectivity index (χ3n) is 4.59. The zero-order valence-corrected chi connectivity index (χ0v) is 20.3. The molecule has 1 N–H and O–H groups in total. The molecule has 0 saturated carbocycles. The van der Waals surface area contributed by atoms with Crippen LogP contribution in [0, 0.1) is 0 Å². The molecular formula is C26H32O8. The van der Waals surface area contributed by atoms with Gasteiger partial charge in [0.1, 0.15) is 28.6 Å². The van der Waals surface area contributed by atoms with E-state index in [-0.39, 0.29) is 37.4 Å². The maximum Gasteiger partial charge on any atom is 0.193 e. The number of ether oxygens (including phenoxy) is 6. The van der Waals surface area contributed by atoms with Crippen LogP contribution >= 0.6 is 0 Å². The SMILES string of the molecule is COCOc1ccc(C=CC(=O)c2c(O)cc(OCOC)c(CC=C(C)C)c2OCOC)cc1. The van der Waals surface area contributed by atoms with Crippen LogP contribution in [0.2, 0.25) is 0 Å². The summed E-state index contributed by atoms with van der Waals surface area (Å²) < 4.78 is 31.7. The Hall–Kier alpha value is -3.33. The minimum Gasteiger partial charge on any atom is -0.507 e. The lowest BCUT2D eigenvalue weighted by molar-refractivity contribution is 0.0441. The summed E-state index contributed by atoms with van der Waals surface area (Å²) >= 11 is 0. The number of carbonyl (C=O) groups is 1. The van der Waals surface area contributed by atoms with Crippen molar-refractivity contribution in [1.82, 2.24) is 0 Å². The molecule has 0 saturated heterocycles. The Morgan fingerprint density at radius 1 is 0.912 bits per heavy atom. The second-order valence-corrected chi connectivity index (χ2v) is 7.48. The van der Waals surface area contributed by atoms with Crippen LogP contribution in [0.15, 0.2) is 48.1 Å². The van der Waals surface area contributed by atoms with Crippen molar-refractivity contribution in [2.75, 3.05) is 41.7 Å². The van der Waals surface area contributed by atoms with Crippen LogP contribution in [0.3, 0.4) is 0 Å². The van der Waals surface area contributed by atoms with Crippen molar-refractivity contribution in [3.05, 3.63) is 64.7 Å². The second kappa shape index (κ2) is 14.0. The van der Waals surface area contributed by atoms with Crippen LogP contribution in [0.5, 0.6) is 23.0 Å². The molecule has 0 spiro atoms. The molecule has 0 aliphatic carbocycles. The lowest BCUT2D eigenvalue weighted by atomic mass is 9.99. The van der Waals surface area contributed by atoms with Crippen molar-refractivity contribution in [2.45, 2.75) is 20.3 Å². The summed E-state index contributed by atoms with van der Waals surface area (Å²) in [7, 11) is 4.52. The first kappa shape index (κ1) is 26.9. The van der Waals surface area contributed by atoms with Crippen molar-refractivity contribution in [3.63, 3.8) is 0 Å². The second-order valence-electron chi connectivity index (χ2n) is 7.48. The van der Waals surface area contributed by atoms with E-state index < -0.39 is 5.78 Å². The highest BCUT2D eigenvalue weighted by Gasteiger charge is 2.24. The molecule has 0 fully saturated rings. The molecule has 2 rings (SSSR count). The zero-order valence-electron chi connectivity index (χ0n) is 20.3. The number of rotatable bonds is 14. The van der Waals surface area contributed by atoms with Gasteiger partial charge < -0.3 is 33.5 Å². The molecule has 0 unspecified atom stereocenters. The monoisotopic (exact) mass is 472 g/mol. The van der Waals surface area contributed by atoms with E-state index in [0.717, 1.165) is 11.1 Å². The van der Waals surface area contributed by atoms with E-state index in [1.54, 1.807) is 37.5 Å². The highest BCUT2D eigenvalue weighted by atomic mass is 16.7. The number of phenolic OH excluding ortho intramolecular Hbond substituents is 1. The van der Waals surface area contributed by atoms with Gasteiger partial charge in [0.15, 0.2) is 26.2 Å². The van der Waals surface area contributed by atoms with Crippen LogP contribution in [0.4, 0.5) is 0 Å². The Balaban J connectivity index is 2.44. The predicted molar refractivity (Wildman–Crippen MR) is 129 cm³/mol. The van der Waals surface area contributed by atoms with Crippen LogP contribution in [0.25, 0.3) is 6.08 Å². The number of methoxy groups -OCH3 is 3. The maximum atomic E-state index is 13.2. The molecule has 0 aromatic heterocycles. The Labute approximate surface area is 200 Å². The van der Waals surface area contributed by atoms with Gasteiger partial charge in [0, 0.05) is 33.0 Å². The largest absolute Gasteiger partial charge is 0.507 e. The van der Waals surface area contributed by atoms with Crippen LogP contribution in [-0.4, -0.2) is 52.6 Å². The molecule has 0 radical (unpaired) electrons. The van der Waals surface area contributed by atoms with Gasteiger partial charge in [0.05, 0.1) is 0 Å². The van der Waals surface area contributed by atoms with Crippen LogP contribution < -0.4 is 14.2 Å². The molecule has 2 aromatic rings. The van der Waals surface area contributed by atoms with Gasteiger partial charge in [-0.25, -0.2) is 0 Å². The first-order valence-electron chi connectivity index (χ1n) is 10.6. The smallest absolute Gasteiger partial charge is 0.193 e. The number of allylic oxidation sites excluding steroid dienone is 3. The number of carbonyl (C=O) groups excluding carboxylic acids is 1. The summed E-state index contributed by atoms with van der Waals surface area (Å²) in [5.74, 6) is 0.503. The number of phenols is 1. The number of ketones is 1. The summed E-state index contributed by atoms with van der Waals surface area (Å²) in [4.78, 5) is 13.2. The van der Waals surface area contributed by atoms with E-state index in [2.05, 4.69) is 0 Å². The van der Waals surface area contributed by atoms with Crippen LogP contribution in [-0.2, 0) is 20.6 Å². The van der Waals surface area contributed by atoms with E-state index in [4.69, 9.17) is 28.4 Å². The van der Waals surface area contributed by atoms with E-state index in [0.29, 0.717) is 23.5 Å². The predicted octanol–water partition coefficient (Wildman–Crippen LogP) is 4.75. The quantitative estimate of drug-likeness (QED) is 0.182. The van der Waals surface area contributed by atoms with Gasteiger partial charge in [-0.05, 0) is 44.0 Å². The van der Waals surface area contributed by atoms with Gasteiger partial charge in [0.2, 0.25) is 0 Å². The fraction of sp³-hybridized carbons (Fsp3) is 0.346. The van der Waals surface area contributed by atoms with Gasteiger partial charge in [-0.2, -0.15) is 0 Å². The minimum absolute atomic E-state index is 0.0234. The average molecular weight is 473 g/mol. The zero-order chi connectivity index (χ0) is 24.9. The lowest BCUT2D eigenvalue weighted by Gasteiger charge is -2.19. The number of benzene rings is 2. The number of hydrogen-bond acceptors (Lipinski definition) is 8. The fourth-order valence-corrected chi connectivity index (χ4v) is 2.99. The topological polar surface area (TPSA) is 92.7 Å². The molecule has 0 atom stereocenters. The van der Waals surface area contributed by atoms with Gasteiger partial charge in [-0.15, -0.1) is 0 Å². The van der Waals surface area contributed by atoms with Crippen molar-refractivity contribution >= 4 is 11.9 Å². The number of hydrogen-bond donors (Lipinski definition) is 1. The van der Waals surface area contributed by atoms with Crippen molar-refractivity contribution in [1.29, 1.82) is 0 Å².